The van der Waals surface area contributed by atoms with Crippen LogP contribution in [-0.2, 0) is 14.3 Å². The number of carbonyl (C=O) groups excluding carboxylic acids is 2. The van der Waals surface area contributed by atoms with E-state index in [0.717, 1.165) is 17.7 Å². The summed E-state index contributed by atoms with van der Waals surface area (Å²) in [6.07, 6.45) is 2.54. The Labute approximate surface area is 134 Å². The van der Waals surface area contributed by atoms with Gasteiger partial charge in [-0.1, -0.05) is 18.2 Å². The van der Waals surface area contributed by atoms with Gasteiger partial charge in [-0.25, -0.2) is 0 Å². The van der Waals surface area contributed by atoms with Gasteiger partial charge in [0, 0.05) is 31.0 Å². The number of primary amides is 1. The number of thioether (sulfide) groups is 1. The van der Waals surface area contributed by atoms with Crippen LogP contribution in [0, 0.1) is 0 Å². The Kier molecular flexibility index (Phi) is 4.14. The summed E-state index contributed by atoms with van der Waals surface area (Å²) in [7, 11) is 0. The van der Waals surface area contributed by atoms with Crippen molar-refractivity contribution in [1.29, 1.82) is 0 Å². The standard InChI is InChI=1S/C16H20N2O3S/c17-13(19)15(8-10-21-11-9-15)18-14(20)16(6-7-16)22-12-4-2-1-3-5-12/h1-5H,6-11H2,(H2,17,19)(H,18,20). The molecule has 1 saturated heterocycles. The maximum absolute atomic E-state index is 12.7. The van der Waals surface area contributed by atoms with Gasteiger partial charge in [-0.3, -0.25) is 9.59 Å². The molecule has 0 spiro atoms. The zero-order valence-corrected chi connectivity index (χ0v) is 13.2. The Bertz CT molecular complexity index is 566. The molecule has 1 aliphatic carbocycles. The second-order valence-electron chi connectivity index (χ2n) is 5.92. The largest absolute Gasteiger partial charge is 0.381 e. The van der Waals surface area contributed by atoms with E-state index in [1.165, 1.54) is 0 Å². The predicted molar refractivity (Wildman–Crippen MR) is 84.4 cm³/mol. The SMILES string of the molecule is NC(=O)C1(NC(=O)C2(Sc3ccccc3)CC2)CCOCC1. The molecule has 1 aromatic carbocycles. The molecular weight excluding hydrogens is 300 g/mol. The number of nitrogens with two attached hydrogens (primary N) is 1. The van der Waals surface area contributed by atoms with Crippen LogP contribution >= 0.6 is 11.8 Å². The van der Waals surface area contributed by atoms with Crippen LogP contribution in [0.5, 0.6) is 0 Å². The number of ether oxygens (including phenoxy) is 1. The van der Waals surface area contributed by atoms with Gasteiger partial charge in [-0.2, -0.15) is 0 Å². The highest BCUT2D eigenvalue weighted by molar-refractivity contribution is 8.01. The van der Waals surface area contributed by atoms with Crippen LogP contribution in [0.4, 0.5) is 0 Å². The van der Waals surface area contributed by atoms with E-state index in [9.17, 15) is 9.59 Å². The van der Waals surface area contributed by atoms with Gasteiger partial charge in [0.05, 0.1) is 4.75 Å². The Hall–Kier alpha value is -1.53. The Balaban J connectivity index is 1.71. The maximum atomic E-state index is 12.7. The summed E-state index contributed by atoms with van der Waals surface area (Å²) in [6, 6.07) is 9.86. The van der Waals surface area contributed by atoms with Crippen LogP contribution in [-0.4, -0.2) is 35.3 Å². The number of benzene rings is 1. The first kappa shape index (κ1) is 15.4. The van der Waals surface area contributed by atoms with Crippen molar-refractivity contribution in [2.45, 2.75) is 40.9 Å². The normalized spacial score (nSPS) is 21.8. The molecule has 0 aromatic heterocycles. The smallest absolute Gasteiger partial charge is 0.243 e. The summed E-state index contributed by atoms with van der Waals surface area (Å²) in [6.45, 7) is 0.893. The van der Waals surface area contributed by atoms with E-state index in [4.69, 9.17) is 10.5 Å². The second kappa shape index (κ2) is 5.93. The third kappa shape index (κ3) is 2.98. The van der Waals surface area contributed by atoms with Gasteiger partial charge >= 0.3 is 0 Å². The number of hydrogen-bond donors (Lipinski definition) is 2. The summed E-state index contributed by atoms with van der Waals surface area (Å²) in [4.78, 5) is 25.7. The highest BCUT2D eigenvalue weighted by atomic mass is 32.2. The number of hydrogen-bond acceptors (Lipinski definition) is 4. The zero-order chi connectivity index (χ0) is 15.6. The van der Waals surface area contributed by atoms with Crippen molar-refractivity contribution in [3.63, 3.8) is 0 Å². The molecule has 3 rings (SSSR count). The van der Waals surface area contributed by atoms with Gasteiger partial charge in [0.2, 0.25) is 11.8 Å². The molecule has 5 nitrogen and oxygen atoms in total. The van der Waals surface area contributed by atoms with Crippen LogP contribution in [0.3, 0.4) is 0 Å². The molecule has 1 aromatic rings. The molecule has 0 radical (unpaired) electrons. The Morgan fingerprint density at radius 3 is 2.27 bits per heavy atom. The molecule has 0 unspecified atom stereocenters. The van der Waals surface area contributed by atoms with Crippen molar-refractivity contribution in [1.82, 2.24) is 5.32 Å². The lowest BCUT2D eigenvalue weighted by molar-refractivity contribution is -0.135. The minimum atomic E-state index is -0.956. The third-order valence-corrected chi connectivity index (χ3v) is 5.84. The van der Waals surface area contributed by atoms with Crippen molar-refractivity contribution in [2.75, 3.05) is 13.2 Å². The van der Waals surface area contributed by atoms with E-state index in [1.807, 2.05) is 30.3 Å². The lowest BCUT2D eigenvalue weighted by atomic mass is 9.89. The van der Waals surface area contributed by atoms with Crippen molar-refractivity contribution in [2.24, 2.45) is 5.73 Å². The van der Waals surface area contributed by atoms with Crippen molar-refractivity contribution >= 4 is 23.6 Å². The van der Waals surface area contributed by atoms with Crippen molar-refractivity contribution in [3.8, 4) is 0 Å². The van der Waals surface area contributed by atoms with E-state index in [2.05, 4.69) is 5.32 Å². The minimum absolute atomic E-state index is 0.0814. The quantitative estimate of drug-likeness (QED) is 0.860. The van der Waals surface area contributed by atoms with Gasteiger partial charge < -0.3 is 15.8 Å². The lowest BCUT2D eigenvalue weighted by Gasteiger charge is -2.36. The van der Waals surface area contributed by atoms with Gasteiger partial charge in [0.15, 0.2) is 0 Å². The fourth-order valence-corrected chi connectivity index (χ4v) is 3.88. The number of carbonyl (C=O) groups is 2. The fraction of sp³-hybridized carbons (Fsp3) is 0.500. The molecule has 2 amide bonds. The molecule has 3 N–H and O–H groups in total. The van der Waals surface area contributed by atoms with Crippen LogP contribution in [0.1, 0.15) is 25.7 Å². The zero-order valence-electron chi connectivity index (χ0n) is 12.3. The number of amides is 2. The summed E-state index contributed by atoms with van der Waals surface area (Å²) >= 11 is 1.57. The monoisotopic (exact) mass is 320 g/mol. The number of rotatable bonds is 5. The summed E-state index contributed by atoms with van der Waals surface area (Å²) < 4.78 is 4.83. The second-order valence-corrected chi connectivity index (χ2v) is 7.38. The first-order chi connectivity index (χ1) is 10.6. The number of nitrogens with one attached hydrogen (secondary N) is 1. The first-order valence-corrected chi connectivity index (χ1v) is 8.32. The molecule has 1 heterocycles. The van der Waals surface area contributed by atoms with Gasteiger partial charge in [0.25, 0.3) is 0 Å². The highest BCUT2D eigenvalue weighted by Gasteiger charge is 2.53. The summed E-state index contributed by atoms with van der Waals surface area (Å²) in [5.41, 5.74) is 4.59. The molecule has 1 aliphatic heterocycles. The molecular formula is C16H20N2O3S. The van der Waals surface area contributed by atoms with E-state index >= 15 is 0 Å². The average Bonchev–Trinajstić information content (AvgIpc) is 3.30. The third-order valence-electron chi connectivity index (χ3n) is 4.35. The summed E-state index contributed by atoms with van der Waals surface area (Å²) in [5.74, 6) is -0.549. The molecule has 118 valence electrons. The van der Waals surface area contributed by atoms with E-state index < -0.39 is 16.2 Å². The topological polar surface area (TPSA) is 81.4 Å². The molecule has 1 saturated carbocycles. The van der Waals surface area contributed by atoms with Crippen LogP contribution in [0.15, 0.2) is 35.2 Å². The lowest BCUT2D eigenvalue weighted by Crippen LogP contribution is -2.61. The van der Waals surface area contributed by atoms with Gasteiger partial charge in [0.1, 0.15) is 5.54 Å². The van der Waals surface area contributed by atoms with E-state index in [-0.39, 0.29) is 5.91 Å². The molecule has 22 heavy (non-hydrogen) atoms. The van der Waals surface area contributed by atoms with Gasteiger partial charge in [-0.15, -0.1) is 11.8 Å². The molecule has 2 fully saturated rings. The summed E-state index contributed by atoms with van der Waals surface area (Å²) in [5, 5.41) is 2.94. The van der Waals surface area contributed by atoms with Crippen LogP contribution in [0.2, 0.25) is 0 Å². The van der Waals surface area contributed by atoms with E-state index in [0.29, 0.717) is 26.1 Å². The molecule has 2 aliphatic rings. The fourth-order valence-electron chi connectivity index (χ4n) is 2.69. The van der Waals surface area contributed by atoms with E-state index in [1.54, 1.807) is 11.8 Å². The maximum Gasteiger partial charge on any atom is 0.243 e. The first-order valence-electron chi connectivity index (χ1n) is 7.51. The molecule has 0 bridgehead atoms. The van der Waals surface area contributed by atoms with Crippen LogP contribution in [0.25, 0.3) is 0 Å². The average molecular weight is 320 g/mol. The Morgan fingerprint density at radius 2 is 1.73 bits per heavy atom. The predicted octanol–water partition coefficient (Wildman–Crippen LogP) is 1.46. The highest BCUT2D eigenvalue weighted by Crippen LogP contribution is 2.52. The van der Waals surface area contributed by atoms with Crippen LogP contribution < -0.4 is 11.1 Å². The minimum Gasteiger partial charge on any atom is -0.381 e. The molecule has 0 atom stereocenters. The molecule has 6 heteroatoms. The Morgan fingerprint density at radius 1 is 1.09 bits per heavy atom. The van der Waals surface area contributed by atoms with Crippen molar-refractivity contribution < 1.29 is 14.3 Å². The van der Waals surface area contributed by atoms with Crippen molar-refractivity contribution in [3.05, 3.63) is 30.3 Å². The van der Waals surface area contributed by atoms with Gasteiger partial charge in [-0.05, 0) is 25.0 Å².